The summed E-state index contributed by atoms with van der Waals surface area (Å²) in [6, 6.07) is 0.531. The van der Waals surface area contributed by atoms with Crippen molar-refractivity contribution in [1.82, 2.24) is 42.2 Å². The van der Waals surface area contributed by atoms with Gasteiger partial charge in [0.25, 0.3) is 0 Å². The Hall–Kier alpha value is -6.99. The maximum Gasteiger partial charge on any atom is 0.231 e. The minimum absolute atomic E-state index is 0.0496. The molecule has 2 saturated heterocycles. The van der Waals surface area contributed by atoms with Crippen LogP contribution in [0.15, 0.2) is 24.5 Å². The van der Waals surface area contributed by atoms with Crippen LogP contribution in [0.1, 0.15) is 427 Å². The average Bonchev–Trinajstić information content (AvgIpc) is 1.59. The molecule has 1 aromatic heterocycles. The highest BCUT2D eigenvalue weighted by atomic mass is 16.5. The van der Waals surface area contributed by atoms with Crippen molar-refractivity contribution in [3.05, 3.63) is 30.1 Å². The molecule has 7 fully saturated rings. The summed E-state index contributed by atoms with van der Waals surface area (Å²) >= 11 is 0. The molecular formula is C117H206N8O17. The van der Waals surface area contributed by atoms with Crippen LogP contribution in [-0.2, 0) is 87.8 Å². The van der Waals surface area contributed by atoms with Crippen LogP contribution in [0.2, 0.25) is 0 Å². The zero-order valence-corrected chi connectivity index (χ0v) is 98.5. The molecule has 25 heteroatoms. The zero-order chi connectivity index (χ0) is 111. The quantitative estimate of drug-likeness (QED) is 0.0478. The number of hydrogen-bond donors (Lipinski definition) is 7. The summed E-state index contributed by atoms with van der Waals surface area (Å²) in [4.78, 5) is 178. The van der Waals surface area contributed by atoms with Crippen molar-refractivity contribution >= 4 is 81.8 Å². The summed E-state index contributed by atoms with van der Waals surface area (Å²) in [7, 11) is 1.58. The van der Waals surface area contributed by atoms with Crippen molar-refractivity contribution in [1.29, 1.82) is 0 Å². The number of ketones is 7. The third-order valence-electron chi connectivity index (χ3n) is 28.9. The fourth-order valence-electron chi connectivity index (χ4n) is 18.4. The molecule has 3 heterocycles. The van der Waals surface area contributed by atoms with E-state index in [0.29, 0.717) is 31.5 Å². The van der Waals surface area contributed by atoms with Gasteiger partial charge in [-0.25, -0.2) is 0 Å². The van der Waals surface area contributed by atoms with Crippen LogP contribution in [0.5, 0.6) is 0 Å². The van der Waals surface area contributed by atoms with E-state index in [2.05, 4.69) is 42.2 Å². The molecular weight excluding hydrogens is 1790 g/mol. The second kappa shape index (κ2) is 49.9. The van der Waals surface area contributed by atoms with Crippen molar-refractivity contribution in [2.75, 3.05) is 33.5 Å². The molecule has 0 radical (unpaired) electrons. The van der Waals surface area contributed by atoms with E-state index in [-0.39, 0.29) is 161 Å². The third kappa shape index (κ3) is 40.6. The van der Waals surface area contributed by atoms with Crippen LogP contribution in [0, 0.1) is 122 Å². The number of rotatable bonds is 25. The third-order valence-corrected chi connectivity index (χ3v) is 28.9. The summed E-state index contributed by atoms with van der Waals surface area (Å²) in [5, 5.41) is 20.9. The smallest absolute Gasteiger partial charge is 0.231 e. The lowest BCUT2D eigenvalue weighted by molar-refractivity contribution is -0.165. The van der Waals surface area contributed by atoms with Gasteiger partial charge in [0.1, 0.15) is 0 Å². The number of nitrogens with zero attached hydrogens (tertiary/aromatic N) is 1. The minimum Gasteiger partial charge on any atom is -0.381 e. The van der Waals surface area contributed by atoms with E-state index in [9.17, 15) is 67.1 Å². The van der Waals surface area contributed by atoms with Gasteiger partial charge in [-0.15, -0.1) is 0 Å². The Morgan fingerprint density at radius 1 is 0.359 bits per heavy atom. The fourth-order valence-corrected chi connectivity index (χ4v) is 18.4. The molecule has 7 aliphatic rings. The number of pyridine rings is 1. The highest BCUT2D eigenvalue weighted by molar-refractivity contribution is 5.99. The Bertz CT molecular complexity index is 4280. The van der Waals surface area contributed by atoms with E-state index < -0.39 is 91.2 Å². The molecule has 2 spiro atoms. The first-order valence-corrected chi connectivity index (χ1v) is 53.1. The molecule has 4 unspecified atom stereocenters. The lowest BCUT2D eigenvalue weighted by Gasteiger charge is -2.42. The maximum absolute atomic E-state index is 12.7. The molecule has 142 heavy (non-hydrogen) atoms. The molecule has 8 rings (SSSR count). The zero-order valence-electron chi connectivity index (χ0n) is 98.5. The topological polar surface area (TPSA) is 364 Å². The highest BCUT2D eigenvalue weighted by Crippen LogP contribution is 2.62. The monoisotopic (exact) mass is 2000 g/mol. The highest BCUT2D eigenvalue weighted by Gasteiger charge is 2.61. The summed E-state index contributed by atoms with van der Waals surface area (Å²) < 4.78 is 15.9. The van der Waals surface area contributed by atoms with Gasteiger partial charge in [-0.2, -0.15) is 0 Å². The summed E-state index contributed by atoms with van der Waals surface area (Å²) in [5.41, 5.74) is -4.89. The first-order chi connectivity index (χ1) is 63.6. The van der Waals surface area contributed by atoms with Gasteiger partial charge >= 0.3 is 0 Å². The van der Waals surface area contributed by atoms with Crippen LogP contribution in [0.25, 0.3) is 0 Å². The lowest BCUT2D eigenvalue weighted by atomic mass is 9.74. The maximum atomic E-state index is 12.7. The van der Waals surface area contributed by atoms with Gasteiger partial charge in [-0.1, -0.05) is 343 Å². The second-order valence-corrected chi connectivity index (χ2v) is 57.8. The van der Waals surface area contributed by atoms with Crippen LogP contribution >= 0.6 is 0 Å². The average molecular weight is 2000 g/mol. The van der Waals surface area contributed by atoms with Crippen LogP contribution in [-0.4, -0.2) is 168 Å². The lowest BCUT2D eigenvalue weighted by Crippen LogP contribution is -2.60. The van der Waals surface area contributed by atoms with Gasteiger partial charge in [0.15, 0.2) is 40.5 Å². The molecule has 0 aromatic carbocycles. The molecule has 25 nitrogen and oxygen atoms in total. The summed E-state index contributed by atoms with van der Waals surface area (Å²) in [6.45, 7) is 91.6. The Balaban J connectivity index is 0.000000561. The number of carbonyl (C=O) groups is 14. The van der Waals surface area contributed by atoms with Gasteiger partial charge in [0.05, 0.1) is 79.4 Å². The molecule has 7 amide bonds. The Morgan fingerprint density at radius 3 is 0.915 bits per heavy atom. The van der Waals surface area contributed by atoms with Crippen LogP contribution in [0.4, 0.5) is 0 Å². The van der Waals surface area contributed by atoms with Crippen LogP contribution in [0.3, 0.4) is 0 Å². The van der Waals surface area contributed by atoms with Crippen molar-refractivity contribution in [2.45, 2.75) is 476 Å². The molecule has 1 aromatic rings. The molecule has 2 aliphatic heterocycles. The van der Waals surface area contributed by atoms with Crippen molar-refractivity contribution in [2.24, 2.45) is 122 Å². The normalized spacial score (nSPS) is 21.0. The van der Waals surface area contributed by atoms with E-state index in [4.69, 9.17) is 14.2 Å². The number of methoxy groups -OCH3 is 1. The summed E-state index contributed by atoms with van der Waals surface area (Å²) in [5.74, 6) is 2.03. The SMILES string of the molecule is CC(C)(C)C(=O)[C@@H](NC(=O)C1C2CCCCC21)C(C)(C)C.CC(C)(C)C(=O)[C@@H](NC(=O)C1CC12CCCCC2)C(C)(C)C.CC(C)(C)C(=O)[C@@H](NC(=O)C1CC12CCOCC2)C(C)(C)C.CC(C)(C)C(=O)[C@@H](NC(=O)Cc1cccnc1)C(C)(C)C.CCC(=O)N[C@H](C(=O)C(C)(C)C)C(C)(C)C.CCC1(C(=O)N[C@H](C(=O)C(C)(C)C)C(C)(C)C)COC1.COC(C)(C)CC(=O)N[C@H](C(=O)C(C)(C)C)C(C)(C)C. The summed E-state index contributed by atoms with van der Waals surface area (Å²) in [6.07, 6.45) is 20.0. The van der Waals surface area contributed by atoms with E-state index in [1.165, 1.54) is 57.8 Å². The Labute approximate surface area is 861 Å². The first-order valence-electron chi connectivity index (χ1n) is 53.1. The van der Waals surface area contributed by atoms with Gasteiger partial charge in [-0.3, -0.25) is 72.1 Å². The van der Waals surface area contributed by atoms with Crippen molar-refractivity contribution in [3.8, 4) is 0 Å². The van der Waals surface area contributed by atoms with Crippen LogP contribution < -0.4 is 37.2 Å². The number of carbonyl (C=O) groups excluding carboxylic acids is 14. The number of nitrogens with one attached hydrogen (secondary N) is 7. The van der Waals surface area contributed by atoms with Gasteiger partial charge in [-0.05, 0) is 144 Å². The number of ether oxygens (including phenoxy) is 3. The Morgan fingerprint density at radius 2 is 0.648 bits per heavy atom. The number of fused-ring (bicyclic) bond motifs is 1. The predicted molar refractivity (Wildman–Crippen MR) is 572 cm³/mol. The Kier molecular flexibility index (Phi) is 46.0. The number of hydrogen-bond acceptors (Lipinski definition) is 18. The molecule has 0 bridgehead atoms. The molecule has 816 valence electrons. The van der Waals surface area contributed by atoms with Gasteiger partial charge in [0.2, 0.25) is 41.4 Å². The number of aromatic nitrogens is 1. The molecule has 5 aliphatic carbocycles. The standard InChI is InChI=1S/C19H33NO2.C18H31NO3.C18H31NO2.C17H26N2O2.C16H29NO3.C16H31NO3.C13H25NO2/c1-17(2,3)14(15(21)18(4,5)6)20-16(22)13-12-19(13)10-8-7-9-11-19;1-16(2,3)13(14(20)17(4,5)6)19-15(21)12-11-18(12)7-9-22-10-8-18;1-17(2,3)14(15(20)18(4,5)6)19-16(21)13-11-9-7-8-10-12(11)13;1-16(2,3)14(15(21)17(4,5)6)19-13(20)10-12-8-7-9-18-11-12;1-8-16(9-20-10-16)13(19)17-11(14(2,3)4)12(18)15(5,6)7;1-14(2,3)12(13(19)15(4,5)6)17-11(18)10-16(7,8)20-9;1-8-9(15)14-10(12(2,3)4)11(16)13(5,6)7/h13-14H,7-12H2,1-6H3,(H,20,22);12-13H,7-11H2,1-6H3,(H,19,21);11-14H,7-10H2,1-6H3,(H,19,21);7-9,11,14H,10H2,1-6H3,(H,19,20);11H,8-10H2,1-7H3,(H,17,19);12H,10H2,1-9H3,(H,17,18);10H,8H2,1-7H3,(H,14,15)/t13?,14-;12?,13-;11?,12?,13?,14-;14-;11-;12-;10-/m1111111/s1. The first kappa shape index (κ1) is 131. The fraction of sp³-hybridized carbons (Fsp3) is 0.838. The van der Waals surface area contributed by atoms with Gasteiger partial charge in [0, 0.05) is 94.8 Å². The minimum atomic E-state index is -0.530. The molecule has 11 atom stereocenters. The van der Waals surface area contributed by atoms with E-state index in [1.54, 1.807) is 32.5 Å². The van der Waals surface area contributed by atoms with E-state index in [0.717, 1.165) is 50.9 Å². The van der Waals surface area contributed by atoms with Gasteiger partial charge < -0.3 is 51.4 Å². The second-order valence-electron chi connectivity index (χ2n) is 57.8. The number of Topliss-reactive ketones (excluding diaryl/α,β-unsaturated/α-hetero) is 7. The van der Waals surface area contributed by atoms with E-state index in [1.807, 2.05) is 318 Å². The predicted octanol–water partition coefficient (Wildman–Crippen LogP) is 21.4. The van der Waals surface area contributed by atoms with Crippen molar-refractivity contribution in [3.63, 3.8) is 0 Å². The molecule has 7 N–H and O–H groups in total. The number of amides is 7. The largest absolute Gasteiger partial charge is 0.381 e. The van der Waals surface area contributed by atoms with Crippen molar-refractivity contribution < 1.29 is 81.3 Å². The van der Waals surface area contributed by atoms with E-state index >= 15 is 0 Å². The molecule has 5 saturated carbocycles.